The fourth-order valence-corrected chi connectivity index (χ4v) is 6.63. The lowest BCUT2D eigenvalue weighted by Gasteiger charge is -2.33. The van der Waals surface area contributed by atoms with Gasteiger partial charge in [-0.25, -0.2) is 13.1 Å². The maximum Gasteiger partial charge on any atom is 0.252 e. The van der Waals surface area contributed by atoms with E-state index in [2.05, 4.69) is 20.8 Å². The van der Waals surface area contributed by atoms with Crippen LogP contribution in [0.5, 0.6) is 5.75 Å². The molecule has 2 N–H and O–H groups in total. The number of ether oxygens (including phenoxy) is 1. The predicted molar refractivity (Wildman–Crippen MR) is 143 cm³/mol. The van der Waals surface area contributed by atoms with E-state index in [1.807, 2.05) is 6.92 Å². The van der Waals surface area contributed by atoms with Gasteiger partial charge >= 0.3 is 0 Å². The summed E-state index contributed by atoms with van der Waals surface area (Å²) >= 11 is 1.14. The van der Waals surface area contributed by atoms with E-state index in [0.717, 1.165) is 11.3 Å². The van der Waals surface area contributed by atoms with E-state index in [1.54, 1.807) is 47.5 Å². The molecule has 1 aliphatic rings. The molecule has 2 amide bonds. The highest BCUT2D eigenvalue weighted by molar-refractivity contribution is 7.91. The van der Waals surface area contributed by atoms with Crippen LogP contribution in [0.1, 0.15) is 19.4 Å². The van der Waals surface area contributed by atoms with Crippen LogP contribution < -0.4 is 10.1 Å². The van der Waals surface area contributed by atoms with Crippen molar-refractivity contribution in [1.29, 1.82) is 0 Å². The number of sulfonamides is 1. The molecule has 1 aliphatic heterocycles. The summed E-state index contributed by atoms with van der Waals surface area (Å²) in [5, 5.41) is 25.0. The molecule has 15 heteroatoms. The molecule has 3 heterocycles. The van der Waals surface area contributed by atoms with Crippen LogP contribution in [0.2, 0.25) is 0 Å². The molecule has 13 nitrogen and oxygen atoms in total. The van der Waals surface area contributed by atoms with Crippen molar-refractivity contribution in [2.45, 2.75) is 43.2 Å². The Morgan fingerprint density at radius 2 is 2.15 bits per heavy atom. The lowest BCUT2D eigenvalue weighted by Crippen LogP contribution is -2.48. The summed E-state index contributed by atoms with van der Waals surface area (Å²) in [6.45, 7) is 3.63. The number of aliphatic hydroxyl groups is 1. The lowest BCUT2D eigenvalue weighted by atomic mass is 10.0. The highest BCUT2D eigenvalue weighted by atomic mass is 32.2. The third kappa shape index (κ3) is 6.79. The molecule has 0 fully saturated rings. The number of nitrogens with zero attached hydrogens (tertiary/aromatic N) is 6. The summed E-state index contributed by atoms with van der Waals surface area (Å²) in [7, 11) is -2.22. The Morgan fingerprint density at radius 1 is 1.36 bits per heavy atom. The van der Waals surface area contributed by atoms with Gasteiger partial charge in [-0.1, -0.05) is 13.0 Å². The van der Waals surface area contributed by atoms with Crippen LogP contribution in [0.15, 0.2) is 46.2 Å². The molecular formula is C24H31N7O6S2. The molecule has 0 spiro atoms. The van der Waals surface area contributed by atoms with E-state index in [1.165, 1.54) is 22.4 Å². The summed E-state index contributed by atoms with van der Waals surface area (Å²) < 4.78 is 35.3. The van der Waals surface area contributed by atoms with Crippen molar-refractivity contribution in [2.24, 2.45) is 5.92 Å². The second-order valence-electron chi connectivity index (χ2n) is 9.48. The van der Waals surface area contributed by atoms with Gasteiger partial charge in [-0.3, -0.25) is 9.59 Å². The van der Waals surface area contributed by atoms with Crippen molar-refractivity contribution in [3.8, 4) is 5.75 Å². The van der Waals surface area contributed by atoms with Crippen LogP contribution in [-0.4, -0.2) is 93.6 Å². The molecule has 0 radical (unpaired) electrons. The summed E-state index contributed by atoms with van der Waals surface area (Å²) in [5.74, 6) is -0.435. The maximum absolute atomic E-state index is 13.4. The van der Waals surface area contributed by atoms with Crippen molar-refractivity contribution in [1.82, 2.24) is 29.4 Å². The Labute approximate surface area is 230 Å². The molecule has 3 aromatic rings. The van der Waals surface area contributed by atoms with Crippen molar-refractivity contribution < 1.29 is 27.9 Å². The Kier molecular flexibility index (Phi) is 8.94. The molecule has 0 saturated heterocycles. The van der Waals surface area contributed by atoms with E-state index in [-0.39, 0.29) is 54.6 Å². The number of anilines is 1. The zero-order chi connectivity index (χ0) is 28.2. The molecule has 2 aromatic heterocycles. The van der Waals surface area contributed by atoms with E-state index in [4.69, 9.17) is 4.74 Å². The number of rotatable bonds is 9. The number of carbonyl (C=O) groups is 2. The quantitative estimate of drug-likeness (QED) is 0.376. The second kappa shape index (κ2) is 12.2. The summed E-state index contributed by atoms with van der Waals surface area (Å²) in [4.78, 5) is 27.4. The molecule has 3 atom stereocenters. The normalized spacial score (nSPS) is 19.0. The Bertz CT molecular complexity index is 1380. The highest BCUT2D eigenvalue weighted by Gasteiger charge is 2.33. The van der Waals surface area contributed by atoms with Crippen molar-refractivity contribution in [3.63, 3.8) is 0 Å². The van der Waals surface area contributed by atoms with Crippen LogP contribution >= 0.6 is 11.3 Å². The number of thiophene rings is 1. The lowest BCUT2D eigenvalue weighted by molar-refractivity contribution is -0.134. The molecule has 1 aromatic carbocycles. The Balaban J connectivity index is 1.62. The SMILES string of the molecule is C[C@H](CO)N1C[C@H](C)[C@@H](CN(C)S(=O)(=O)c2cccs2)Oc2ccc(NC(=O)Cn3cnnn3)cc2CC1=O. The van der Waals surface area contributed by atoms with E-state index >= 15 is 0 Å². The minimum atomic E-state index is -3.73. The van der Waals surface area contributed by atoms with Gasteiger partial charge in [0, 0.05) is 30.8 Å². The van der Waals surface area contributed by atoms with Gasteiger partial charge in [-0.05, 0) is 47.0 Å². The number of likely N-dealkylation sites (N-methyl/N-ethyl adjacent to an activating group) is 1. The van der Waals surface area contributed by atoms with Gasteiger partial charge in [0.25, 0.3) is 10.0 Å². The Hall–Kier alpha value is -3.40. The number of amides is 2. The first-order chi connectivity index (χ1) is 18.6. The minimum Gasteiger partial charge on any atom is -0.488 e. The minimum absolute atomic E-state index is 0.0286. The molecule has 210 valence electrons. The number of aromatic nitrogens is 4. The van der Waals surface area contributed by atoms with Gasteiger partial charge in [0.2, 0.25) is 11.8 Å². The summed E-state index contributed by atoms with van der Waals surface area (Å²) in [6, 6.07) is 7.76. The maximum atomic E-state index is 13.4. The Morgan fingerprint density at radius 3 is 2.82 bits per heavy atom. The number of fused-ring (bicyclic) bond motifs is 1. The first-order valence-electron chi connectivity index (χ1n) is 12.3. The number of benzene rings is 1. The van der Waals surface area contributed by atoms with Gasteiger partial charge in [0.05, 0.1) is 25.6 Å². The average molecular weight is 578 g/mol. The van der Waals surface area contributed by atoms with Crippen molar-refractivity contribution in [2.75, 3.05) is 32.1 Å². The molecule has 0 saturated carbocycles. The number of hydrogen-bond donors (Lipinski definition) is 2. The monoisotopic (exact) mass is 577 g/mol. The molecule has 0 unspecified atom stereocenters. The second-order valence-corrected chi connectivity index (χ2v) is 12.7. The number of tetrazole rings is 1. The van der Waals surface area contributed by atoms with E-state index in [0.29, 0.717) is 17.0 Å². The predicted octanol–water partition coefficient (Wildman–Crippen LogP) is 0.843. The fourth-order valence-electron chi connectivity index (χ4n) is 4.24. The number of carbonyl (C=O) groups excluding carboxylic acids is 2. The first kappa shape index (κ1) is 28.6. The van der Waals surface area contributed by atoms with Gasteiger partial charge in [0.15, 0.2) is 0 Å². The van der Waals surface area contributed by atoms with Crippen LogP contribution in [0.3, 0.4) is 0 Å². The van der Waals surface area contributed by atoms with Gasteiger partial charge in [-0.15, -0.1) is 16.4 Å². The summed E-state index contributed by atoms with van der Waals surface area (Å²) in [6.07, 6.45) is 0.686. The topological polar surface area (TPSA) is 160 Å². The van der Waals surface area contributed by atoms with Crippen molar-refractivity contribution >= 4 is 38.9 Å². The average Bonchev–Trinajstić information content (AvgIpc) is 3.62. The zero-order valence-corrected chi connectivity index (χ0v) is 23.4. The number of aliphatic hydroxyl groups excluding tert-OH is 1. The van der Waals surface area contributed by atoms with Gasteiger partial charge in [-0.2, -0.15) is 4.31 Å². The fraction of sp³-hybridized carbons (Fsp3) is 0.458. The van der Waals surface area contributed by atoms with Crippen LogP contribution in [-0.2, 0) is 32.6 Å². The van der Waals surface area contributed by atoms with E-state index in [9.17, 15) is 23.1 Å². The largest absolute Gasteiger partial charge is 0.488 e. The third-order valence-electron chi connectivity index (χ3n) is 6.49. The van der Waals surface area contributed by atoms with Crippen molar-refractivity contribution in [3.05, 3.63) is 47.6 Å². The van der Waals surface area contributed by atoms with E-state index < -0.39 is 22.2 Å². The van der Waals surface area contributed by atoms with Crippen LogP contribution in [0.4, 0.5) is 5.69 Å². The summed E-state index contributed by atoms with van der Waals surface area (Å²) in [5.41, 5.74) is 0.976. The molecule has 0 aliphatic carbocycles. The highest BCUT2D eigenvalue weighted by Crippen LogP contribution is 2.30. The molecule has 0 bridgehead atoms. The first-order valence-corrected chi connectivity index (χ1v) is 14.6. The number of hydrogen-bond acceptors (Lipinski definition) is 10. The van der Waals surface area contributed by atoms with Crippen LogP contribution in [0, 0.1) is 5.92 Å². The van der Waals surface area contributed by atoms with Crippen LogP contribution in [0.25, 0.3) is 0 Å². The third-order valence-corrected chi connectivity index (χ3v) is 9.69. The van der Waals surface area contributed by atoms with Gasteiger partial charge in [0.1, 0.15) is 28.9 Å². The standard InChI is InChI=1S/C24H31N7O6S2/c1-16-11-31(17(2)14-32)23(34)10-18-9-19(26-22(33)13-30-15-25-27-28-30)6-7-20(18)37-21(16)12-29(3)39(35,36)24-5-4-8-38-24/h4-9,15-17,21,32H,10-14H2,1-3H3,(H,26,33)/t16-,17+,21+/m0/s1. The molecular weight excluding hydrogens is 546 g/mol. The zero-order valence-electron chi connectivity index (χ0n) is 21.8. The molecule has 4 rings (SSSR count). The molecule has 39 heavy (non-hydrogen) atoms. The number of nitrogens with one attached hydrogen (secondary N) is 1. The smallest absolute Gasteiger partial charge is 0.252 e. The van der Waals surface area contributed by atoms with Gasteiger partial charge < -0.3 is 20.1 Å².